The highest BCUT2D eigenvalue weighted by molar-refractivity contribution is 5.95. The zero-order valence-electron chi connectivity index (χ0n) is 17.3. The topological polar surface area (TPSA) is 69.6 Å². The molecular formula is C24H27N5O. The lowest BCUT2D eigenvalue weighted by Gasteiger charge is -2.16. The van der Waals surface area contributed by atoms with Gasteiger partial charge in [0.2, 0.25) is 5.91 Å². The van der Waals surface area contributed by atoms with Crippen molar-refractivity contribution in [1.29, 1.82) is 0 Å². The van der Waals surface area contributed by atoms with Crippen molar-refractivity contribution in [3.05, 3.63) is 71.9 Å². The van der Waals surface area contributed by atoms with Gasteiger partial charge in [0.05, 0.1) is 12.1 Å². The molecule has 1 aliphatic heterocycles. The number of nitrogens with zero attached hydrogens (tertiary/aromatic N) is 3. The van der Waals surface area contributed by atoms with Crippen molar-refractivity contribution >= 4 is 28.5 Å². The molecule has 6 nitrogen and oxygen atoms in total. The third-order valence-electron chi connectivity index (χ3n) is 5.25. The maximum atomic E-state index is 11.9. The number of hydrogen-bond acceptors (Lipinski definition) is 3. The Morgan fingerprint density at radius 1 is 1.10 bits per heavy atom. The average Bonchev–Trinajstić information content (AvgIpc) is 3.22. The first-order valence-electron chi connectivity index (χ1n) is 10.5. The molecule has 3 aromatic rings. The molecular weight excluding hydrogens is 374 g/mol. The molecule has 2 aromatic carbocycles. The molecule has 1 aromatic heterocycles. The minimum absolute atomic E-state index is 0.210. The van der Waals surface area contributed by atoms with Crippen molar-refractivity contribution in [1.82, 2.24) is 15.6 Å². The third-order valence-corrected chi connectivity index (χ3v) is 5.25. The number of amides is 1. The monoisotopic (exact) mass is 401 g/mol. The fourth-order valence-electron chi connectivity index (χ4n) is 3.70. The molecule has 2 N–H and O–H groups in total. The van der Waals surface area contributed by atoms with Gasteiger partial charge < -0.3 is 15.5 Å². The second-order valence-corrected chi connectivity index (χ2v) is 7.36. The van der Waals surface area contributed by atoms with Gasteiger partial charge in [-0.2, -0.15) is 0 Å². The molecule has 6 heteroatoms. The molecule has 4 rings (SSSR count). The summed E-state index contributed by atoms with van der Waals surface area (Å²) in [7, 11) is 0. The van der Waals surface area contributed by atoms with Gasteiger partial charge in [-0.3, -0.25) is 9.78 Å². The number of carbonyl (C=O) groups excluding carboxylic acids is 1. The molecule has 30 heavy (non-hydrogen) atoms. The fourth-order valence-corrected chi connectivity index (χ4v) is 3.70. The third kappa shape index (κ3) is 4.59. The van der Waals surface area contributed by atoms with E-state index in [1.165, 1.54) is 0 Å². The maximum Gasteiger partial charge on any atom is 0.227 e. The van der Waals surface area contributed by atoms with Gasteiger partial charge in [-0.1, -0.05) is 36.4 Å². The van der Waals surface area contributed by atoms with E-state index in [2.05, 4.69) is 46.8 Å². The van der Waals surface area contributed by atoms with Crippen LogP contribution in [0.2, 0.25) is 0 Å². The highest BCUT2D eigenvalue weighted by atomic mass is 16.2. The Hall–Kier alpha value is -3.41. The van der Waals surface area contributed by atoms with Crippen LogP contribution in [0.1, 0.15) is 30.9 Å². The van der Waals surface area contributed by atoms with Gasteiger partial charge in [0.15, 0.2) is 5.96 Å². The summed E-state index contributed by atoms with van der Waals surface area (Å²) < 4.78 is 0. The molecule has 0 spiro atoms. The van der Waals surface area contributed by atoms with E-state index in [4.69, 9.17) is 4.99 Å². The highest BCUT2D eigenvalue weighted by Gasteiger charge is 2.21. The first-order chi connectivity index (χ1) is 14.7. The predicted octanol–water partition coefficient (Wildman–Crippen LogP) is 3.62. The van der Waals surface area contributed by atoms with Gasteiger partial charge in [0.25, 0.3) is 0 Å². The first kappa shape index (κ1) is 19.9. The Balaban J connectivity index is 1.41. The zero-order chi connectivity index (χ0) is 20.8. The molecule has 1 saturated heterocycles. The first-order valence-corrected chi connectivity index (χ1v) is 10.5. The van der Waals surface area contributed by atoms with Crippen LogP contribution in [0.3, 0.4) is 0 Å². The van der Waals surface area contributed by atoms with Crippen molar-refractivity contribution in [2.24, 2.45) is 4.99 Å². The van der Waals surface area contributed by atoms with E-state index < -0.39 is 0 Å². The molecule has 154 valence electrons. The van der Waals surface area contributed by atoms with Crippen molar-refractivity contribution in [3.8, 4) is 0 Å². The lowest BCUT2D eigenvalue weighted by molar-refractivity contribution is -0.117. The lowest BCUT2D eigenvalue weighted by atomic mass is 10.1. The Morgan fingerprint density at radius 2 is 1.93 bits per heavy atom. The second-order valence-electron chi connectivity index (χ2n) is 7.36. The highest BCUT2D eigenvalue weighted by Crippen LogP contribution is 2.21. The largest absolute Gasteiger partial charge is 0.357 e. The summed E-state index contributed by atoms with van der Waals surface area (Å²) in [5.74, 6) is 0.978. The number of rotatable bonds is 6. The van der Waals surface area contributed by atoms with Crippen molar-refractivity contribution in [3.63, 3.8) is 0 Å². The number of guanidine groups is 1. The van der Waals surface area contributed by atoms with Gasteiger partial charge in [0.1, 0.15) is 0 Å². The number of aromatic nitrogens is 1. The minimum atomic E-state index is 0.210. The number of carbonyl (C=O) groups is 1. The fraction of sp³-hybridized carbons (Fsp3) is 0.292. The van der Waals surface area contributed by atoms with Gasteiger partial charge in [-0.15, -0.1) is 0 Å². The second kappa shape index (κ2) is 9.39. The molecule has 0 aliphatic carbocycles. The molecule has 2 heterocycles. The smallest absolute Gasteiger partial charge is 0.227 e. The minimum Gasteiger partial charge on any atom is -0.357 e. The molecule has 0 atom stereocenters. The summed E-state index contributed by atoms with van der Waals surface area (Å²) >= 11 is 0. The Labute approximate surface area is 177 Å². The van der Waals surface area contributed by atoms with Crippen molar-refractivity contribution in [2.45, 2.75) is 32.9 Å². The summed E-state index contributed by atoms with van der Waals surface area (Å²) in [6, 6.07) is 18.4. The van der Waals surface area contributed by atoms with Gasteiger partial charge in [-0.05, 0) is 42.7 Å². The van der Waals surface area contributed by atoms with Crippen molar-refractivity contribution in [2.75, 3.05) is 18.0 Å². The Morgan fingerprint density at radius 3 is 2.70 bits per heavy atom. The van der Waals surface area contributed by atoms with Gasteiger partial charge >= 0.3 is 0 Å². The number of anilines is 1. The molecule has 1 amide bonds. The van der Waals surface area contributed by atoms with Crippen molar-refractivity contribution < 1.29 is 4.79 Å². The number of nitrogens with one attached hydrogen (secondary N) is 2. The summed E-state index contributed by atoms with van der Waals surface area (Å²) in [5, 5.41) is 7.84. The van der Waals surface area contributed by atoms with E-state index in [9.17, 15) is 4.79 Å². The quantitative estimate of drug-likeness (QED) is 0.489. The normalized spacial score (nSPS) is 14.4. The van der Waals surface area contributed by atoms with Crippen LogP contribution in [0.4, 0.5) is 5.69 Å². The van der Waals surface area contributed by atoms with Crippen LogP contribution in [0, 0.1) is 0 Å². The molecule has 0 saturated carbocycles. The summed E-state index contributed by atoms with van der Waals surface area (Å²) in [6.07, 6.45) is 3.41. The van der Waals surface area contributed by atoms with Crippen LogP contribution < -0.4 is 15.5 Å². The van der Waals surface area contributed by atoms with Crippen LogP contribution in [0.15, 0.2) is 65.8 Å². The molecule has 0 unspecified atom stereocenters. The average molecular weight is 402 g/mol. The van der Waals surface area contributed by atoms with E-state index in [-0.39, 0.29) is 5.91 Å². The SMILES string of the molecule is CCNC(=NCc1ccc(N2CCCC2=O)cc1)NCc1cccc2cccnc12. The van der Waals surface area contributed by atoms with E-state index in [1.807, 2.05) is 41.4 Å². The van der Waals surface area contributed by atoms with Crippen LogP contribution in [-0.4, -0.2) is 29.9 Å². The molecule has 0 bridgehead atoms. The summed E-state index contributed by atoms with van der Waals surface area (Å²) in [6.45, 7) is 4.87. The van der Waals surface area contributed by atoms with E-state index in [1.54, 1.807) is 0 Å². The number of aliphatic imine (C=N–C) groups is 1. The van der Waals surface area contributed by atoms with Gasteiger partial charge in [-0.25, -0.2) is 4.99 Å². The maximum absolute atomic E-state index is 11.9. The Kier molecular flexibility index (Phi) is 6.23. The summed E-state index contributed by atoms with van der Waals surface area (Å²) in [5.41, 5.74) is 4.22. The summed E-state index contributed by atoms with van der Waals surface area (Å²) in [4.78, 5) is 23.0. The van der Waals surface area contributed by atoms with Crippen LogP contribution in [0.5, 0.6) is 0 Å². The molecule has 0 radical (unpaired) electrons. The van der Waals surface area contributed by atoms with Gasteiger partial charge in [0, 0.05) is 43.3 Å². The predicted molar refractivity (Wildman–Crippen MR) is 121 cm³/mol. The number of hydrogen-bond donors (Lipinski definition) is 2. The molecule has 1 aliphatic rings. The number of benzene rings is 2. The molecule has 1 fully saturated rings. The number of para-hydroxylation sites is 1. The van der Waals surface area contributed by atoms with E-state index in [0.29, 0.717) is 19.5 Å². The number of fused-ring (bicyclic) bond motifs is 1. The Bertz CT molecular complexity index is 1040. The number of pyridine rings is 1. The standard InChI is InChI=1S/C24H27N5O/c1-2-25-24(28-17-20-7-3-6-19-8-4-14-26-23(19)20)27-16-18-10-12-21(13-11-18)29-15-5-9-22(29)30/h3-4,6-8,10-14H,2,5,9,15-17H2,1H3,(H2,25,27,28). The van der Waals surface area contributed by atoms with Crippen LogP contribution in [-0.2, 0) is 17.9 Å². The zero-order valence-corrected chi connectivity index (χ0v) is 17.3. The van der Waals surface area contributed by atoms with Crippen LogP contribution >= 0.6 is 0 Å². The van der Waals surface area contributed by atoms with Crippen LogP contribution in [0.25, 0.3) is 10.9 Å². The lowest BCUT2D eigenvalue weighted by Crippen LogP contribution is -2.36. The van der Waals surface area contributed by atoms with E-state index >= 15 is 0 Å². The van der Waals surface area contributed by atoms with E-state index in [0.717, 1.165) is 53.2 Å².